The zero-order valence-electron chi connectivity index (χ0n) is 20.0. The molecule has 10 nitrogen and oxygen atoms in total. The molecule has 0 atom stereocenters. The number of halogens is 4. The number of amides is 2. The SMILES string of the molecule is Cl.Cn1c(Nc2nc3ccc(OC(F)(F)F)cc3s2)nc2cc(C(=O)NCC(=O)N3CCNCC3)ccc21. The van der Waals surface area contributed by atoms with E-state index in [4.69, 9.17) is 0 Å². The second-order valence-electron chi connectivity index (χ2n) is 8.33. The number of alkyl halides is 3. The number of aromatic nitrogens is 3. The van der Waals surface area contributed by atoms with E-state index in [9.17, 15) is 22.8 Å². The number of hydrogen-bond acceptors (Lipinski definition) is 8. The lowest BCUT2D eigenvalue weighted by Crippen LogP contribution is -2.49. The predicted molar refractivity (Wildman–Crippen MR) is 139 cm³/mol. The van der Waals surface area contributed by atoms with Crippen LogP contribution in [0.25, 0.3) is 21.3 Å². The van der Waals surface area contributed by atoms with Crippen LogP contribution in [0.5, 0.6) is 5.75 Å². The van der Waals surface area contributed by atoms with Gasteiger partial charge in [0.1, 0.15) is 5.75 Å². The van der Waals surface area contributed by atoms with Gasteiger partial charge in [0.05, 0.1) is 27.8 Å². The summed E-state index contributed by atoms with van der Waals surface area (Å²) in [6.45, 7) is 2.61. The van der Waals surface area contributed by atoms with Crippen molar-refractivity contribution in [3.8, 4) is 5.75 Å². The molecule has 0 spiro atoms. The summed E-state index contributed by atoms with van der Waals surface area (Å²) < 4.78 is 43.8. The number of carbonyl (C=O) groups excluding carboxylic acids is 2. The lowest BCUT2D eigenvalue weighted by Gasteiger charge is -2.27. The molecule has 0 aliphatic carbocycles. The number of fused-ring (bicyclic) bond motifs is 2. The van der Waals surface area contributed by atoms with E-state index in [1.807, 2.05) is 0 Å². The van der Waals surface area contributed by atoms with Gasteiger partial charge in [0.2, 0.25) is 11.9 Å². The third kappa shape index (κ3) is 6.09. The van der Waals surface area contributed by atoms with Gasteiger partial charge in [-0.1, -0.05) is 11.3 Å². The molecule has 5 rings (SSSR count). The maximum Gasteiger partial charge on any atom is 0.573 e. The minimum atomic E-state index is -4.77. The monoisotopic (exact) mass is 569 g/mol. The standard InChI is InChI=1S/C23H22F3N7O3S.ClH/c1-32-17-5-2-13(20(35)28-12-19(34)33-8-6-27-7-9-33)10-16(17)29-21(32)31-22-30-15-4-3-14(11-18(15)37-22)36-23(24,25)26;/h2-5,10-11,27H,6-9,12H2,1H3,(H,28,35)(H,29,30,31);1H. The number of thiazole rings is 1. The minimum absolute atomic E-state index is 0. The zero-order chi connectivity index (χ0) is 26.2. The molecular weight excluding hydrogens is 547 g/mol. The maximum absolute atomic E-state index is 12.6. The minimum Gasteiger partial charge on any atom is -0.406 e. The lowest BCUT2D eigenvalue weighted by atomic mass is 10.2. The Hall–Kier alpha value is -3.62. The van der Waals surface area contributed by atoms with Crippen LogP contribution in [0.15, 0.2) is 36.4 Å². The number of imidazole rings is 1. The van der Waals surface area contributed by atoms with Crippen molar-refractivity contribution < 1.29 is 27.5 Å². The highest BCUT2D eigenvalue weighted by Crippen LogP contribution is 2.33. The summed E-state index contributed by atoms with van der Waals surface area (Å²) in [5, 5.41) is 9.36. The number of aryl methyl sites for hydroxylation is 1. The van der Waals surface area contributed by atoms with Crippen molar-refractivity contribution in [2.45, 2.75) is 6.36 Å². The fraction of sp³-hybridized carbons (Fsp3) is 0.304. The molecule has 2 aromatic carbocycles. The van der Waals surface area contributed by atoms with Crippen LogP contribution < -0.4 is 20.7 Å². The number of piperazine rings is 1. The van der Waals surface area contributed by atoms with Crippen molar-refractivity contribution in [3.05, 3.63) is 42.0 Å². The Labute approximate surface area is 224 Å². The van der Waals surface area contributed by atoms with Crippen LogP contribution in [0.3, 0.4) is 0 Å². The first-order valence-corrected chi connectivity index (χ1v) is 12.1. The normalized spacial score (nSPS) is 13.8. The maximum atomic E-state index is 12.6. The zero-order valence-corrected chi connectivity index (χ0v) is 21.6. The third-order valence-corrected chi connectivity index (χ3v) is 6.76. The number of nitrogens with one attached hydrogen (secondary N) is 3. The van der Waals surface area contributed by atoms with E-state index >= 15 is 0 Å². The Kier molecular flexibility index (Phi) is 7.94. The van der Waals surface area contributed by atoms with Gasteiger partial charge in [-0.05, 0) is 30.3 Å². The molecule has 15 heteroatoms. The van der Waals surface area contributed by atoms with Crippen molar-refractivity contribution in [2.24, 2.45) is 7.05 Å². The highest BCUT2D eigenvalue weighted by atomic mass is 35.5. The molecule has 0 bridgehead atoms. The quantitative estimate of drug-likeness (QED) is 0.326. The molecule has 38 heavy (non-hydrogen) atoms. The average Bonchev–Trinajstić information content (AvgIpc) is 3.41. The molecule has 1 fully saturated rings. The van der Waals surface area contributed by atoms with Gasteiger partial charge in [0, 0.05) is 44.9 Å². The summed E-state index contributed by atoms with van der Waals surface area (Å²) in [4.78, 5) is 35.6. The second-order valence-corrected chi connectivity index (χ2v) is 9.36. The smallest absolute Gasteiger partial charge is 0.406 e. The summed E-state index contributed by atoms with van der Waals surface area (Å²) in [6.07, 6.45) is -4.77. The first-order chi connectivity index (χ1) is 17.7. The van der Waals surface area contributed by atoms with Crippen LogP contribution in [0.1, 0.15) is 10.4 Å². The number of benzene rings is 2. The number of nitrogens with zero attached hydrogens (tertiary/aromatic N) is 4. The second kappa shape index (κ2) is 11.0. The fourth-order valence-corrected chi connectivity index (χ4v) is 4.88. The van der Waals surface area contributed by atoms with Gasteiger partial charge >= 0.3 is 6.36 Å². The van der Waals surface area contributed by atoms with Gasteiger partial charge in [-0.2, -0.15) is 0 Å². The molecule has 2 amide bonds. The molecule has 3 N–H and O–H groups in total. The molecule has 3 heterocycles. The van der Waals surface area contributed by atoms with E-state index in [1.54, 1.807) is 34.7 Å². The van der Waals surface area contributed by atoms with Crippen LogP contribution in [-0.4, -0.2) is 70.3 Å². The van der Waals surface area contributed by atoms with E-state index in [-0.39, 0.29) is 36.5 Å². The van der Waals surface area contributed by atoms with Crippen LogP contribution in [0, 0.1) is 0 Å². The molecule has 1 aliphatic heterocycles. The van der Waals surface area contributed by atoms with Crippen LogP contribution in [-0.2, 0) is 11.8 Å². The summed E-state index contributed by atoms with van der Waals surface area (Å²) >= 11 is 1.15. The number of rotatable bonds is 6. The van der Waals surface area contributed by atoms with Crippen LogP contribution >= 0.6 is 23.7 Å². The van der Waals surface area contributed by atoms with Crippen molar-refractivity contribution in [3.63, 3.8) is 0 Å². The summed E-state index contributed by atoms with van der Waals surface area (Å²) in [5.41, 5.74) is 2.17. The lowest BCUT2D eigenvalue weighted by molar-refractivity contribution is -0.274. The molecule has 202 valence electrons. The van der Waals surface area contributed by atoms with E-state index < -0.39 is 6.36 Å². The van der Waals surface area contributed by atoms with Crippen LogP contribution in [0.2, 0.25) is 0 Å². The summed E-state index contributed by atoms with van der Waals surface area (Å²) in [6, 6.07) is 8.96. The first kappa shape index (κ1) is 27.4. The number of hydrogen-bond donors (Lipinski definition) is 3. The average molecular weight is 570 g/mol. The molecule has 1 aliphatic rings. The topological polar surface area (TPSA) is 113 Å². The highest BCUT2D eigenvalue weighted by molar-refractivity contribution is 7.22. The van der Waals surface area contributed by atoms with Gasteiger partial charge in [0.15, 0.2) is 5.13 Å². The predicted octanol–water partition coefficient (Wildman–Crippen LogP) is 3.41. The third-order valence-electron chi connectivity index (χ3n) is 5.83. The molecule has 2 aromatic heterocycles. The van der Waals surface area contributed by atoms with Gasteiger partial charge in [0.25, 0.3) is 5.91 Å². The Bertz CT molecular complexity index is 1480. The number of anilines is 2. The Morgan fingerprint density at radius 2 is 1.87 bits per heavy atom. The molecule has 0 radical (unpaired) electrons. The van der Waals surface area contributed by atoms with Gasteiger partial charge in [-0.15, -0.1) is 25.6 Å². The molecular formula is C23H23ClF3N7O3S. The van der Waals surface area contributed by atoms with E-state index in [0.717, 1.165) is 29.9 Å². The van der Waals surface area contributed by atoms with E-state index in [2.05, 4.69) is 30.7 Å². The fourth-order valence-electron chi connectivity index (χ4n) is 3.99. The first-order valence-electron chi connectivity index (χ1n) is 11.3. The van der Waals surface area contributed by atoms with Crippen LogP contribution in [0.4, 0.5) is 24.3 Å². The van der Waals surface area contributed by atoms with E-state index in [0.29, 0.717) is 45.5 Å². The Morgan fingerprint density at radius 3 is 2.61 bits per heavy atom. The van der Waals surface area contributed by atoms with Crippen molar-refractivity contribution in [2.75, 3.05) is 38.0 Å². The summed E-state index contributed by atoms with van der Waals surface area (Å²) in [5.74, 6) is -0.396. The Morgan fingerprint density at radius 1 is 1.11 bits per heavy atom. The van der Waals surface area contributed by atoms with Crippen molar-refractivity contribution in [1.29, 1.82) is 0 Å². The molecule has 0 saturated carbocycles. The molecule has 4 aromatic rings. The number of ether oxygens (including phenoxy) is 1. The summed E-state index contributed by atoms with van der Waals surface area (Å²) in [7, 11) is 1.78. The van der Waals surface area contributed by atoms with E-state index in [1.165, 1.54) is 18.2 Å². The van der Waals surface area contributed by atoms with Gasteiger partial charge in [-0.3, -0.25) is 9.59 Å². The molecule has 0 unspecified atom stereocenters. The molecule has 1 saturated heterocycles. The van der Waals surface area contributed by atoms with Crippen molar-refractivity contribution >= 4 is 67.9 Å². The highest BCUT2D eigenvalue weighted by Gasteiger charge is 2.31. The Balaban J connectivity index is 0.00000336. The number of carbonyl (C=O) groups is 2. The van der Waals surface area contributed by atoms with Gasteiger partial charge < -0.3 is 30.2 Å². The largest absolute Gasteiger partial charge is 0.573 e. The van der Waals surface area contributed by atoms with Crippen molar-refractivity contribution in [1.82, 2.24) is 30.1 Å². The van der Waals surface area contributed by atoms with Gasteiger partial charge in [-0.25, -0.2) is 9.97 Å².